The third-order valence-corrected chi connectivity index (χ3v) is 3.09. The van der Waals surface area contributed by atoms with Gasteiger partial charge in [0.05, 0.1) is 6.54 Å². The smallest absolute Gasteiger partial charge is 0.239 e. The number of hydrogen-bond acceptors (Lipinski definition) is 3. The standard InChI is InChI=1S/C11H21N3O2.ClH/c1-8-4-5-12-6-10(8)13-11(16)7-14(3)9(2)15;/h8,10,12H,4-7H2,1-3H3,(H,13,16);1H. The van der Waals surface area contributed by atoms with E-state index in [9.17, 15) is 9.59 Å². The van der Waals surface area contributed by atoms with E-state index >= 15 is 0 Å². The Hall–Kier alpha value is -0.810. The number of halogens is 1. The molecule has 0 radical (unpaired) electrons. The first kappa shape index (κ1) is 16.2. The van der Waals surface area contributed by atoms with E-state index in [1.807, 2.05) is 0 Å². The molecule has 17 heavy (non-hydrogen) atoms. The Kier molecular flexibility index (Phi) is 7.15. The predicted octanol–water partition coefficient (Wildman–Crippen LogP) is 0.000700. The number of carbonyl (C=O) groups is 2. The van der Waals surface area contributed by atoms with Crippen molar-refractivity contribution in [2.24, 2.45) is 5.92 Å². The Labute approximate surface area is 109 Å². The molecule has 1 heterocycles. The van der Waals surface area contributed by atoms with Gasteiger partial charge in [-0.25, -0.2) is 0 Å². The zero-order valence-electron chi connectivity index (χ0n) is 10.7. The molecule has 1 saturated heterocycles. The van der Waals surface area contributed by atoms with Crippen LogP contribution in [0.15, 0.2) is 0 Å². The molecule has 0 saturated carbocycles. The number of piperidine rings is 1. The fraction of sp³-hybridized carbons (Fsp3) is 0.818. The third kappa shape index (κ3) is 5.37. The van der Waals surface area contributed by atoms with E-state index in [0.717, 1.165) is 19.5 Å². The van der Waals surface area contributed by atoms with E-state index in [0.29, 0.717) is 5.92 Å². The van der Waals surface area contributed by atoms with Crippen molar-refractivity contribution >= 4 is 24.2 Å². The van der Waals surface area contributed by atoms with E-state index in [-0.39, 0.29) is 36.8 Å². The van der Waals surface area contributed by atoms with Gasteiger partial charge in [0.2, 0.25) is 11.8 Å². The molecule has 0 aromatic rings. The van der Waals surface area contributed by atoms with Crippen molar-refractivity contribution in [2.45, 2.75) is 26.3 Å². The lowest BCUT2D eigenvalue weighted by molar-refractivity contribution is -0.133. The van der Waals surface area contributed by atoms with Crippen molar-refractivity contribution in [3.8, 4) is 0 Å². The summed E-state index contributed by atoms with van der Waals surface area (Å²) in [4.78, 5) is 24.0. The second-order valence-electron chi connectivity index (χ2n) is 4.52. The largest absolute Gasteiger partial charge is 0.350 e. The molecule has 2 amide bonds. The number of nitrogens with one attached hydrogen (secondary N) is 2. The molecule has 5 nitrogen and oxygen atoms in total. The van der Waals surface area contributed by atoms with Crippen molar-refractivity contribution in [3.05, 3.63) is 0 Å². The summed E-state index contributed by atoms with van der Waals surface area (Å²) in [6.45, 7) is 5.56. The summed E-state index contributed by atoms with van der Waals surface area (Å²) < 4.78 is 0. The number of amides is 2. The third-order valence-electron chi connectivity index (χ3n) is 3.09. The molecule has 2 unspecified atom stereocenters. The maximum absolute atomic E-state index is 11.6. The Morgan fingerprint density at radius 1 is 1.47 bits per heavy atom. The highest BCUT2D eigenvalue weighted by atomic mass is 35.5. The Morgan fingerprint density at radius 3 is 2.65 bits per heavy atom. The van der Waals surface area contributed by atoms with Gasteiger partial charge in [0.15, 0.2) is 0 Å². The molecule has 2 atom stereocenters. The number of carbonyl (C=O) groups excluding carboxylic acids is 2. The van der Waals surface area contributed by atoms with E-state index in [2.05, 4.69) is 17.6 Å². The fourth-order valence-corrected chi connectivity index (χ4v) is 1.76. The number of nitrogens with zero attached hydrogens (tertiary/aromatic N) is 1. The Bertz CT molecular complexity index is 273. The highest BCUT2D eigenvalue weighted by Gasteiger charge is 2.22. The van der Waals surface area contributed by atoms with E-state index in [1.165, 1.54) is 11.8 Å². The van der Waals surface area contributed by atoms with Crippen molar-refractivity contribution in [1.82, 2.24) is 15.5 Å². The fourth-order valence-electron chi connectivity index (χ4n) is 1.76. The van der Waals surface area contributed by atoms with E-state index in [1.54, 1.807) is 7.05 Å². The first-order valence-corrected chi connectivity index (χ1v) is 5.72. The minimum Gasteiger partial charge on any atom is -0.350 e. The minimum atomic E-state index is -0.0926. The summed E-state index contributed by atoms with van der Waals surface area (Å²) in [5, 5.41) is 6.21. The molecular formula is C11H22ClN3O2. The topological polar surface area (TPSA) is 61.4 Å². The van der Waals surface area contributed by atoms with Crippen LogP contribution in [-0.2, 0) is 9.59 Å². The molecule has 0 aromatic carbocycles. The summed E-state index contributed by atoms with van der Waals surface area (Å²) >= 11 is 0. The number of rotatable bonds is 3. The van der Waals surface area contributed by atoms with E-state index < -0.39 is 0 Å². The molecule has 1 aliphatic rings. The average Bonchev–Trinajstić information content (AvgIpc) is 2.21. The van der Waals surface area contributed by atoms with Gasteiger partial charge in [-0.1, -0.05) is 6.92 Å². The highest BCUT2D eigenvalue weighted by molar-refractivity contribution is 5.85. The van der Waals surface area contributed by atoms with Gasteiger partial charge in [-0.05, 0) is 18.9 Å². The quantitative estimate of drug-likeness (QED) is 0.754. The van der Waals surface area contributed by atoms with Gasteiger partial charge in [-0.15, -0.1) is 12.4 Å². The van der Waals surface area contributed by atoms with Crippen LogP contribution in [0.25, 0.3) is 0 Å². The molecule has 1 fully saturated rings. The maximum Gasteiger partial charge on any atom is 0.239 e. The van der Waals surface area contributed by atoms with Crippen LogP contribution in [0.1, 0.15) is 20.3 Å². The molecule has 100 valence electrons. The first-order chi connectivity index (χ1) is 7.50. The minimum absolute atomic E-state index is 0. The zero-order valence-corrected chi connectivity index (χ0v) is 11.5. The zero-order chi connectivity index (χ0) is 12.1. The van der Waals surface area contributed by atoms with Gasteiger partial charge in [-0.2, -0.15) is 0 Å². The predicted molar refractivity (Wildman–Crippen MR) is 69.1 cm³/mol. The molecule has 0 aliphatic carbocycles. The Balaban J connectivity index is 0.00000256. The highest BCUT2D eigenvalue weighted by Crippen LogP contribution is 2.10. The van der Waals surface area contributed by atoms with Gasteiger partial charge >= 0.3 is 0 Å². The summed E-state index contributed by atoms with van der Waals surface area (Å²) in [5.74, 6) is 0.316. The van der Waals surface area contributed by atoms with Crippen molar-refractivity contribution in [2.75, 3.05) is 26.7 Å². The lowest BCUT2D eigenvalue weighted by Crippen LogP contribution is -2.52. The van der Waals surface area contributed by atoms with Gasteiger partial charge in [0, 0.05) is 26.6 Å². The van der Waals surface area contributed by atoms with Gasteiger partial charge < -0.3 is 15.5 Å². The van der Waals surface area contributed by atoms with Crippen molar-refractivity contribution < 1.29 is 9.59 Å². The van der Waals surface area contributed by atoms with Crippen LogP contribution in [0.2, 0.25) is 0 Å². The van der Waals surface area contributed by atoms with Crippen LogP contribution in [0.3, 0.4) is 0 Å². The van der Waals surface area contributed by atoms with Crippen LogP contribution in [0, 0.1) is 5.92 Å². The maximum atomic E-state index is 11.6. The first-order valence-electron chi connectivity index (χ1n) is 5.72. The molecular weight excluding hydrogens is 242 g/mol. The monoisotopic (exact) mass is 263 g/mol. The molecule has 6 heteroatoms. The second-order valence-corrected chi connectivity index (χ2v) is 4.52. The van der Waals surface area contributed by atoms with Crippen LogP contribution < -0.4 is 10.6 Å². The number of hydrogen-bond donors (Lipinski definition) is 2. The molecule has 0 aromatic heterocycles. The summed E-state index contributed by atoms with van der Waals surface area (Å²) in [7, 11) is 1.63. The van der Waals surface area contributed by atoms with Gasteiger partial charge in [-0.3, -0.25) is 9.59 Å². The molecule has 2 N–H and O–H groups in total. The SMILES string of the molecule is CC(=O)N(C)CC(=O)NC1CNCCC1C.Cl. The summed E-state index contributed by atoms with van der Waals surface area (Å²) in [5.41, 5.74) is 0. The van der Waals surface area contributed by atoms with Crippen LogP contribution in [0.5, 0.6) is 0 Å². The summed E-state index contributed by atoms with van der Waals surface area (Å²) in [6.07, 6.45) is 1.08. The van der Waals surface area contributed by atoms with Crippen LogP contribution in [0.4, 0.5) is 0 Å². The van der Waals surface area contributed by atoms with Gasteiger partial charge in [0.1, 0.15) is 0 Å². The van der Waals surface area contributed by atoms with Crippen LogP contribution in [-0.4, -0.2) is 49.4 Å². The summed E-state index contributed by atoms with van der Waals surface area (Å²) in [6, 6.07) is 0.182. The molecule has 0 bridgehead atoms. The number of likely N-dealkylation sites (N-methyl/N-ethyl adjacent to an activating group) is 1. The van der Waals surface area contributed by atoms with E-state index in [4.69, 9.17) is 0 Å². The van der Waals surface area contributed by atoms with Crippen molar-refractivity contribution in [1.29, 1.82) is 0 Å². The van der Waals surface area contributed by atoms with Gasteiger partial charge in [0.25, 0.3) is 0 Å². The Morgan fingerprint density at radius 2 is 2.12 bits per heavy atom. The lowest BCUT2D eigenvalue weighted by Gasteiger charge is -2.30. The van der Waals surface area contributed by atoms with Crippen molar-refractivity contribution in [3.63, 3.8) is 0 Å². The average molecular weight is 264 g/mol. The van der Waals surface area contributed by atoms with Crippen LogP contribution >= 0.6 is 12.4 Å². The molecule has 1 rings (SSSR count). The lowest BCUT2D eigenvalue weighted by atomic mass is 9.95. The molecule has 1 aliphatic heterocycles. The second kappa shape index (κ2) is 7.50. The molecule has 0 spiro atoms. The normalized spacial score (nSPS) is 23.5.